The summed E-state index contributed by atoms with van der Waals surface area (Å²) in [6.45, 7) is 10.3. The van der Waals surface area contributed by atoms with Crippen molar-refractivity contribution in [2.24, 2.45) is 4.99 Å². The van der Waals surface area contributed by atoms with Gasteiger partial charge in [0.15, 0.2) is 4.80 Å². The van der Waals surface area contributed by atoms with Crippen molar-refractivity contribution in [2.45, 2.75) is 33.7 Å². The molecule has 0 radical (unpaired) electrons. The van der Waals surface area contributed by atoms with Gasteiger partial charge in [0.2, 0.25) is 0 Å². The molecule has 1 amide bonds. The highest BCUT2D eigenvalue weighted by Gasteiger charge is 2.32. The summed E-state index contributed by atoms with van der Waals surface area (Å²) in [5.41, 5.74) is 4.03. The van der Waals surface area contributed by atoms with Crippen molar-refractivity contribution in [2.75, 3.05) is 37.0 Å². The molecule has 4 aromatic rings. The van der Waals surface area contributed by atoms with Crippen molar-refractivity contribution < 1.29 is 14.3 Å². The molecule has 1 aliphatic rings. The van der Waals surface area contributed by atoms with Crippen LogP contribution in [0.3, 0.4) is 0 Å². The van der Waals surface area contributed by atoms with Crippen LogP contribution >= 0.6 is 11.3 Å². The van der Waals surface area contributed by atoms with Gasteiger partial charge in [-0.2, -0.15) is 0 Å². The van der Waals surface area contributed by atoms with Crippen molar-refractivity contribution in [1.82, 2.24) is 4.57 Å². The predicted octanol–water partition coefficient (Wildman–Crippen LogP) is 5.13. The van der Waals surface area contributed by atoms with E-state index >= 15 is 0 Å². The summed E-state index contributed by atoms with van der Waals surface area (Å²) in [6.07, 6.45) is 1.84. The Balaban J connectivity index is 1.64. The van der Waals surface area contributed by atoms with Gasteiger partial charge in [-0.15, -0.1) is 0 Å². The van der Waals surface area contributed by atoms with Gasteiger partial charge in [0.05, 0.1) is 35.6 Å². The number of allylic oxidation sites excluding steroid dienone is 1. The molecular formula is C34H36N4O4S. The van der Waals surface area contributed by atoms with Gasteiger partial charge in [-0.3, -0.25) is 14.2 Å². The third kappa shape index (κ3) is 6.12. The molecule has 0 fully saturated rings. The molecule has 222 valence electrons. The second kappa shape index (κ2) is 13.1. The number of anilines is 2. The van der Waals surface area contributed by atoms with Crippen LogP contribution in [-0.2, 0) is 4.79 Å². The number of amides is 1. The van der Waals surface area contributed by atoms with E-state index in [1.54, 1.807) is 11.7 Å². The maximum absolute atomic E-state index is 14.1. The first kappa shape index (κ1) is 29.8. The topological polar surface area (TPSA) is 85.2 Å². The normalized spacial score (nSPS) is 14.6. The quantitative estimate of drug-likeness (QED) is 0.275. The average molecular weight is 597 g/mol. The number of aromatic nitrogens is 1. The van der Waals surface area contributed by atoms with Crippen molar-refractivity contribution in [1.29, 1.82) is 0 Å². The molecular weight excluding hydrogens is 560 g/mol. The molecule has 0 bridgehead atoms. The van der Waals surface area contributed by atoms with Crippen LogP contribution in [0.1, 0.15) is 44.9 Å². The van der Waals surface area contributed by atoms with E-state index in [9.17, 15) is 9.59 Å². The Morgan fingerprint density at radius 3 is 2.42 bits per heavy atom. The molecule has 5 rings (SSSR count). The van der Waals surface area contributed by atoms with E-state index < -0.39 is 6.04 Å². The maximum atomic E-state index is 14.1. The number of carbonyl (C=O) groups excluding carboxylic acids is 1. The standard InChI is InChI=1S/C34H36N4O4S/c1-6-37(7-2)26-17-14-24(28(21-26)41-5)20-29-33(40)38-31(23-15-18-27(19-16-23)42-8-3)30(22(4)35-34(38)43-29)32(39)36-25-12-10-9-11-13-25/h9-21,31H,6-8H2,1-5H3,(H,36,39)/b29-20-/t31-/m1/s1. The van der Waals surface area contributed by atoms with Crippen LogP contribution in [0.5, 0.6) is 11.5 Å². The molecule has 0 aliphatic carbocycles. The Bertz CT molecular complexity index is 1820. The molecule has 1 aliphatic heterocycles. The summed E-state index contributed by atoms with van der Waals surface area (Å²) in [6, 6.07) is 22.1. The molecule has 1 atom stereocenters. The zero-order chi connectivity index (χ0) is 30.5. The van der Waals surface area contributed by atoms with Gasteiger partial charge >= 0.3 is 0 Å². The van der Waals surface area contributed by atoms with E-state index in [0.29, 0.717) is 38.6 Å². The van der Waals surface area contributed by atoms with Crippen LogP contribution < -0.4 is 34.6 Å². The number of thiazole rings is 1. The fraction of sp³-hybridized carbons (Fsp3) is 0.265. The smallest absolute Gasteiger partial charge is 0.271 e. The fourth-order valence-electron chi connectivity index (χ4n) is 5.31. The van der Waals surface area contributed by atoms with Crippen LogP contribution in [0.15, 0.2) is 93.9 Å². The summed E-state index contributed by atoms with van der Waals surface area (Å²) in [5, 5.41) is 2.99. The van der Waals surface area contributed by atoms with Crippen molar-refractivity contribution in [3.8, 4) is 11.5 Å². The first-order valence-corrected chi connectivity index (χ1v) is 15.2. The largest absolute Gasteiger partial charge is 0.496 e. The highest BCUT2D eigenvalue weighted by molar-refractivity contribution is 7.07. The molecule has 3 aromatic carbocycles. The molecule has 0 unspecified atom stereocenters. The second-order valence-corrected chi connectivity index (χ2v) is 11.0. The lowest BCUT2D eigenvalue weighted by molar-refractivity contribution is -0.113. The fourth-order valence-corrected chi connectivity index (χ4v) is 6.34. The second-order valence-electron chi connectivity index (χ2n) is 10.0. The maximum Gasteiger partial charge on any atom is 0.271 e. The Hall–Kier alpha value is -4.63. The highest BCUT2D eigenvalue weighted by Crippen LogP contribution is 2.32. The molecule has 9 heteroatoms. The van der Waals surface area contributed by atoms with Gasteiger partial charge in [-0.05, 0) is 75.7 Å². The lowest BCUT2D eigenvalue weighted by Gasteiger charge is -2.25. The minimum absolute atomic E-state index is 0.227. The number of rotatable bonds is 10. The Labute approximate surface area is 255 Å². The van der Waals surface area contributed by atoms with Gasteiger partial charge in [0.25, 0.3) is 11.5 Å². The molecule has 0 saturated heterocycles. The van der Waals surface area contributed by atoms with Crippen LogP contribution in [0.25, 0.3) is 6.08 Å². The van der Waals surface area contributed by atoms with E-state index in [-0.39, 0.29) is 11.5 Å². The van der Waals surface area contributed by atoms with Crippen molar-refractivity contribution >= 4 is 34.7 Å². The minimum atomic E-state index is -0.676. The van der Waals surface area contributed by atoms with E-state index in [1.165, 1.54) is 11.3 Å². The summed E-state index contributed by atoms with van der Waals surface area (Å²) >= 11 is 1.30. The van der Waals surface area contributed by atoms with Crippen molar-refractivity contribution in [3.63, 3.8) is 0 Å². The molecule has 43 heavy (non-hydrogen) atoms. The molecule has 0 spiro atoms. The lowest BCUT2D eigenvalue weighted by Crippen LogP contribution is -2.40. The molecule has 1 aromatic heterocycles. The van der Waals surface area contributed by atoms with Gasteiger partial charge < -0.3 is 19.7 Å². The third-order valence-corrected chi connectivity index (χ3v) is 8.42. The highest BCUT2D eigenvalue weighted by atomic mass is 32.1. The first-order chi connectivity index (χ1) is 20.9. The number of methoxy groups -OCH3 is 1. The van der Waals surface area contributed by atoms with Gasteiger partial charge in [-0.25, -0.2) is 4.99 Å². The van der Waals surface area contributed by atoms with E-state index in [1.807, 2.05) is 92.7 Å². The zero-order valence-corrected chi connectivity index (χ0v) is 25.9. The number of nitrogens with zero attached hydrogens (tertiary/aromatic N) is 3. The molecule has 2 heterocycles. The first-order valence-electron chi connectivity index (χ1n) is 14.4. The summed E-state index contributed by atoms with van der Waals surface area (Å²) < 4.78 is 13.5. The SMILES string of the molecule is CCOc1ccc([C@@H]2C(C(=O)Nc3ccccc3)=C(C)N=c3s/c(=C\c4ccc(N(CC)CC)cc4OC)c(=O)n32)cc1. The minimum Gasteiger partial charge on any atom is -0.496 e. The zero-order valence-electron chi connectivity index (χ0n) is 25.1. The van der Waals surface area contributed by atoms with Crippen LogP contribution in [0.2, 0.25) is 0 Å². The van der Waals surface area contributed by atoms with Crippen LogP contribution in [0, 0.1) is 0 Å². The number of carbonyl (C=O) groups is 1. The van der Waals surface area contributed by atoms with Crippen molar-refractivity contribution in [3.05, 3.63) is 115 Å². The monoisotopic (exact) mass is 596 g/mol. The number of ether oxygens (including phenoxy) is 2. The molecule has 0 saturated carbocycles. The third-order valence-electron chi connectivity index (χ3n) is 7.44. The average Bonchev–Trinajstić information content (AvgIpc) is 3.32. The van der Waals surface area contributed by atoms with E-state index in [2.05, 4.69) is 24.1 Å². The number of nitrogens with one attached hydrogen (secondary N) is 1. The Morgan fingerprint density at radius 2 is 1.77 bits per heavy atom. The van der Waals surface area contributed by atoms with Crippen LogP contribution in [-0.4, -0.2) is 37.3 Å². The summed E-state index contributed by atoms with van der Waals surface area (Å²) in [4.78, 5) is 35.4. The van der Waals surface area contributed by atoms with Crippen LogP contribution in [0.4, 0.5) is 11.4 Å². The molecule has 1 N–H and O–H groups in total. The van der Waals surface area contributed by atoms with Gasteiger partial charge in [0.1, 0.15) is 11.5 Å². The van der Waals surface area contributed by atoms with E-state index in [4.69, 9.17) is 14.5 Å². The number of hydrogen-bond donors (Lipinski definition) is 1. The van der Waals surface area contributed by atoms with Gasteiger partial charge in [0, 0.05) is 36.1 Å². The van der Waals surface area contributed by atoms with E-state index in [0.717, 1.165) is 35.7 Å². The number of fused-ring (bicyclic) bond motifs is 1. The number of benzene rings is 3. The van der Waals surface area contributed by atoms with Gasteiger partial charge in [-0.1, -0.05) is 41.7 Å². The summed E-state index contributed by atoms with van der Waals surface area (Å²) in [7, 11) is 1.63. The summed E-state index contributed by atoms with van der Waals surface area (Å²) in [5.74, 6) is 1.08. The Morgan fingerprint density at radius 1 is 1.05 bits per heavy atom. The Kier molecular flexibility index (Phi) is 9.11. The molecule has 8 nitrogen and oxygen atoms in total. The lowest BCUT2D eigenvalue weighted by atomic mass is 9.95. The number of hydrogen-bond acceptors (Lipinski definition) is 7. The number of para-hydroxylation sites is 1. The predicted molar refractivity (Wildman–Crippen MR) is 173 cm³/mol.